The van der Waals surface area contributed by atoms with Crippen molar-refractivity contribution in [2.24, 2.45) is 5.92 Å². The second-order valence-corrected chi connectivity index (χ2v) is 9.49. The highest BCUT2D eigenvalue weighted by atomic mass is 32.1. The quantitative estimate of drug-likeness (QED) is 0.508. The SMILES string of the molecule is Cc1ccc(CN(Cc2ccc3c(c2)OCO3)Cc2nc(C(=O)NCC(C)C)cs2)cc1. The molecule has 0 saturated heterocycles. The third kappa shape index (κ3) is 5.87. The summed E-state index contributed by atoms with van der Waals surface area (Å²) in [5, 5.41) is 5.71. The number of hydrogen-bond acceptors (Lipinski definition) is 6. The molecule has 0 saturated carbocycles. The Kier molecular flexibility index (Phi) is 7.07. The minimum atomic E-state index is -0.109. The van der Waals surface area contributed by atoms with E-state index in [1.165, 1.54) is 22.5 Å². The minimum Gasteiger partial charge on any atom is -0.454 e. The van der Waals surface area contributed by atoms with Gasteiger partial charge in [0, 0.05) is 25.0 Å². The molecule has 1 N–H and O–H groups in total. The van der Waals surface area contributed by atoms with Crippen LogP contribution in [-0.2, 0) is 19.6 Å². The first-order valence-electron chi connectivity index (χ1n) is 10.9. The summed E-state index contributed by atoms with van der Waals surface area (Å²) in [7, 11) is 0. The fraction of sp³-hybridized carbons (Fsp3) is 0.360. The first kappa shape index (κ1) is 22.3. The number of fused-ring (bicyclic) bond motifs is 1. The standard InChI is InChI=1S/C25H29N3O3S/c1-17(2)11-26-25(29)21-15-32-24(27-21)14-28(12-19-6-4-18(3)5-7-19)13-20-8-9-22-23(10-20)31-16-30-22/h4-10,15,17H,11-14,16H2,1-3H3,(H,26,29). The number of benzene rings is 2. The van der Waals surface area contributed by atoms with Crippen molar-refractivity contribution in [1.29, 1.82) is 0 Å². The van der Waals surface area contributed by atoms with Crippen LogP contribution in [0, 0.1) is 12.8 Å². The molecular formula is C25H29N3O3S. The van der Waals surface area contributed by atoms with Crippen LogP contribution in [0.4, 0.5) is 0 Å². The molecule has 1 amide bonds. The number of carbonyl (C=O) groups is 1. The second-order valence-electron chi connectivity index (χ2n) is 8.55. The summed E-state index contributed by atoms with van der Waals surface area (Å²) in [5.41, 5.74) is 4.12. The van der Waals surface area contributed by atoms with E-state index >= 15 is 0 Å². The first-order valence-corrected chi connectivity index (χ1v) is 11.7. The molecular weight excluding hydrogens is 422 g/mol. The van der Waals surface area contributed by atoms with Gasteiger partial charge in [-0.25, -0.2) is 4.98 Å². The van der Waals surface area contributed by atoms with Crippen LogP contribution in [0.5, 0.6) is 11.5 Å². The summed E-state index contributed by atoms with van der Waals surface area (Å²) in [4.78, 5) is 19.3. The van der Waals surface area contributed by atoms with Crippen LogP contribution in [0.25, 0.3) is 0 Å². The molecule has 0 unspecified atom stereocenters. The average Bonchev–Trinajstić information content (AvgIpc) is 3.43. The van der Waals surface area contributed by atoms with E-state index in [2.05, 4.69) is 66.3 Å². The van der Waals surface area contributed by atoms with E-state index in [1.807, 2.05) is 17.5 Å². The van der Waals surface area contributed by atoms with Gasteiger partial charge in [-0.2, -0.15) is 0 Å². The normalized spacial score (nSPS) is 12.5. The lowest BCUT2D eigenvalue weighted by molar-refractivity contribution is 0.0944. The number of thiazole rings is 1. The van der Waals surface area contributed by atoms with Crippen LogP contribution in [0.1, 0.15) is 46.0 Å². The summed E-state index contributed by atoms with van der Waals surface area (Å²) in [6, 6.07) is 14.7. The average molecular weight is 452 g/mol. The second kappa shape index (κ2) is 10.1. The lowest BCUT2D eigenvalue weighted by Gasteiger charge is -2.22. The van der Waals surface area contributed by atoms with Gasteiger partial charge in [0.2, 0.25) is 6.79 Å². The molecule has 0 atom stereocenters. The maximum absolute atomic E-state index is 12.4. The molecule has 2 aromatic carbocycles. The Balaban J connectivity index is 1.48. The van der Waals surface area contributed by atoms with E-state index in [4.69, 9.17) is 9.47 Å². The maximum Gasteiger partial charge on any atom is 0.270 e. The largest absolute Gasteiger partial charge is 0.454 e. The van der Waals surface area contributed by atoms with Crippen molar-refractivity contribution in [1.82, 2.24) is 15.2 Å². The van der Waals surface area contributed by atoms with Crippen molar-refractivity contribution < 1.29 is 14.3 Å². The van der Waals surface area contributed by atoms with Crippen LogP contribution >= 0.6 is 11.3 Å². The zero-order valence-electron chi connectivity index (χ0n) is 18.8. The van der Waals surface area contributed by atoms with E-state index in [0.717, 1.165) is 35.2 Å². The van der Waals surface area contributed by atoms with E-state index in [0.29, 0.717) is 24.7 Å². The van der Waals surface area contributed by atoms with Crippen molar-refractivity contribution in [2.45, 2.75) is 40.4 Å². The molecule has 0 aliphatic carbocycles. The number of rotatable bonds is 9. The van der Waals surface area contributed by atoms with Crippen molar-refractivity contribution in [3.05, 3.63) is 75.2 Å². The van der Waals surface area contributed by atoms with Gasteiger partial charge < -0.3 is 14.8 Å². The zero-order chi connectivity index (χ0) is 22.5. The topological polar surface area (TPSA) is 63.7 Å². The van der Waals surface area contributed by atoms with Gasteiger partial charge in [-0.15, -0.1) is 11.3 Å². The molecule has 32 heavy (non-hydrogen) atoms. The van der Waals surface area contributed by atoms with Gasteiger partial charge in [-0.3, -0.25) is 9.69 Å². The Morgan fingerprint density at radius 2 is 1.78 bits per heavy atom. The fourth-order valence-corrected chi connectivity index (χ4v) is 4.30. The maximum atomic E-state index is 12.4. The van der Waals surface area contributed by atoms with Crippen molar-refractivity contribution in [3.63, 3.8) is 0 Å². The number of aryl methyl sites for hydroxylation is 1. The number of amides is 1. The minimum absolute atomic E-state index is 0.109. The highest BCUT2D eigenvalue weighted by molar-refractivity contribution is 7.09. The predicted octanol–water partition coefficient (Wildman–Crippen LogP) is 4.77. The van der Waals surface area contributed by atoms with Gasteiger partial charge in [-0.05, 0) is 36.1 Å². The molecule has 168 valence electrons. The van der Waals surface area contributed by atoms with Gasteiger partial charge in [0.25, 0.3) is 5.91 Å². The van der Waals surface area contributed by atoms with Crippen LogP contribution in [-0.4, -0.2) is 29.1 Å². The number of ether oxygens (including phenoxy) is 2. The number of aromatic nitrogens is 1. The molecule has 1 aliphatic heterocycles. The zero-order valence-corrected chi connectivity index (χ0v) is 19.6. The Hall–Kier alpha value is -2.90. The molecule has 0 radical (unpaired) electrons. The van der Waals surface area contributed by atoms with Crippen LogP contribution in [0.3, 0.4) is 0 Å². The van der Waals surface area contributed by atoms with Crippen LogP contribution in [0.15, 0.2) is 47.8 Å². The van der Waals surface area contributed by atoms with E-state index < -0.39 is 0 Å². The molecule has 6 nitrogen and oxygen atoms in total. The first-order chi connectivity index (χ1) is 15.5. The highest BCUT2D eigenvalue weighted by Crippen LogP contribution is 2.33. The van der Waals surface area contributed by atoms with E-state index in [1.54, 1.807) is 0 Å². The van der Waals surface area contributed by atoms with E-state index in [-0.39, 0.29) is 12.7 Å². The third-order valence-corrected chi connectivity index (χ3v) is 6.02. The smallest absolute Gasteiger partial charge is 0.270 e. The van der Waals surface area contributed by atoms with Gasteiger partial charge in [-0.1, -0.05) is 49.7 Å². The van der Waals surface area contributed by atoms with Crippen molar-refractivity contribution in [3.8, 4) is 11.5 Å². The summed E-state index contributed by atoms with van der Waals surface area (Å²) < 4.78 is 11.0. The molecule has 1 aliphatic rings. The van der Waals surface area contributed by atoms with Gasteiger partial charge in [0.15, 0.2) is 11.5 Å². The summed E-state index contributed by atoms with van der Waals surface area (Å²) >= 11 is 1.53. The molecule has 7 heteroatoms. The molecule has 0 fully saturated rings. The Bertz CT molecular complexity index is 1060. The van der Waals surface area contributed by atoms with Crippen molar-refractivity contribution >= 4 is 17.2 Å². The number of hydrogen-bond donors (Lipinski definition) is 1. The highest BCUT2D eigenvalue weighted by Gasteiger charge is 2.17. The molecule has 3 aromatic rings. The van der Waals surface area contributed by atoms with Crippen LogP contribution < -0.4 is 14.8 Å². The molecule has 1 aromatic heterocycles. The number of carbonyl (C=O) groups excluding carboxylic acids is 1. The summed E-state index contributed by atoms with van der Waals surface area (Å²) in [5.74, 6) is 1.87. The lowest BCUT2D eigenvalue weighted by atomic mass is 10.1. The lowest BCUT2D eigenvalue weighted by Crippen LogP contribution is -2.27. The third-order valence-electron chi connectivity index (χ3n) is 5.18. The summed E-state index contributed by atoms with van der Waals surface area (Å²) in [6.07, 6.45) is 0. The van der Waals surface area contributed by atoms with Gasteiger partial charge in [0.05, 0.1) is 6.54 Å². The Labute approximate surface area is 193 Å². The fourth-order valence-electron chi connectivity index (χ4n) is 3.48. The number of nitrogens with zero attached hydrogens (tertiary/aromatic N) is 2. The van der Waals surface area contributed by atoms with Crippen molar-refractivity contribution in [2.75, 3.05) is 13.3 Å². The van der Waals surface area contributed by atoms with E-state index in [9.17, 15) is 4.79 Å². The monoisotopic (exact) mass is 451 g/mol. The Morgan fingerprint density at radius 3 is 2.56 bits per heavy atom. The van der Waals surface area contributed by atoms with Crippen LogP contribution in [0.2, 0.25) is 0 Å². The van der Waals surface area contributed by atoms with Gasteiger partial charge >= 0.3 is 0 Å². The number of nitrogens with one attached hydrogen (secondary N) is 1. The molecule has 0 spiro atoms. The summed E-state index contributed by atoms with van der Waals surface area (Å²) in [6.45, 7) is 9.34. The predicted molar refractivity (Wildman–Crippen MR) is 126 cm³/mol. The Morgan fingerprint density at radius 1 is 1.06 bits per heavy atom. The molecule has 0 bridgehead atoms. The molecule has 4 rings (SSSR count). The van der Waals surface area contributed by atoms with Gasteiger partial charge in [0.1, 0.15) is 10.7 Å². The molecule has 2 heterocycles.